The minimum Gasteiger partial charge on any atom is -0.378 e. The molecule has 1 N–H and O–H groups in total. The number of aryl methyl sites for hydroxylation is 1. The Hall–Kier alpha value is -2.21. The van der Waals surface area contributed by atoms with E-state index in [9.17, 15) is 4.79 Å². The number of rotatable bonds is 8. The lowest BCUT2D eigenvalue weighted by molar-refractivity contribution is -0.117. The van der Waals surface area contributed by atoms with Gasteiger partial charge in [-0.15, -0.1) is 10.2 Å². The van der Waals surface area contributed by atoms with Crippen LogP contribution in [0.4, 0.5) is 5.69 Å². The van der Waals surface area contributed by atoms with Crippen molar-refractivity contribution < 1.29 is 9.53 Å². The molecule has 1 atom stereocenters. The van der Waals surface area contributed by atoms with Gasteiger partial charge in [0.1, 0.15) is 6.33 Å². The lowest BCUT2D eigenvalue weighted by atomic mass is 10.1. The lowest BCUT2D eigenvalue weighted by Crippen LogP contribution is -2.18. The van der Waals surface area contributed by atoms with Gasteiger partial charge >= 0.3 is 0 Å². The number of ether oxygens (including phenoxy) is 1. The second-order valence-electron chi connectivity index (χ2n) is 6.45. The molecule has 0 fully saturated rings. The first kappa shape index (κ1) is 18.1. The van der Waals surface area contributed by atoms with Crippen molar-refractivity contribution in [2.45, 2.75) is 39.7 Å². The highest BCUT2D eigenvalue weighted by Crippen LogP contribution is 2.18. The maximum atomic E-state index is 12.0. The van der Waals surface area contributed by atoms with Gasteiger partial charge in [0.25, 0.3) is 0 Å². The molecule has 0 radical (unpaired) electrons. The monoisotopic (exact) mass is 330 g/mol. The Labute approximate surface area is 143 Å². The Morgan fingerprint density at radius 3 is 2.54 bits per heavy atom. The minimum absolute atomic E-state index is 0.0434. The molecule has 0 spiro atoms. The molecule has 2 aromatic rings. The van der Waals surface area contributed by atoms with Gasteiger partial charge in [-0.25, -0.2) is 0 Å². The zero-order chi connectivity index (χ0) is 17.5. The van der Waals surface area contributed by atoms with Crippen LogP contribution in [0.15, 0.2) is 30.6 Å². The summed E-state index contributed by atoms with van der Waals surface area (Å²) in [5.74, 6) is 1.35. The molecule has 1 aromatic carbocycles. The number of amides is 1. The fourth-order valence-corrected chi connectivity index (χ4v) is 2.56. The van der Waals surface area contributed by atoms with E-state index in [4.69, 9.17) is 4.74 Å². The van der Waals surface area contributed by atoms with Gasteiger partial charge in [0.2, 0.25) is 5.91 Å². The Morgan fingerprint density at radius 1 is 1.25 bits per heavy atom. The van der Waals surface area contributed by atoms with E-state index in [0.717, 1.165) is 23.5 Å². The second-order valence-corrected chi connectivity index (χ2v) is 6.45. The van der Waals surface area contributed by atoms with Crippen molar-refractivity contribution in [2.24, 2.45) is 13.0 Å². The summed E-state index contributed by atoms with van der Waals surface area (Å²) in [5, 5.41) is 10.8. The highest BCUT2D eigenvalue weighted by atomic mass is 16.5. The van der Waals surface area contributed by atoms with Crippen molar-refractivity contribution in [1.82, 2.24) is 14.8 Å². The maximum Gasteiger partial charge on any atom is 0.226 e. The van der Waals surface area contributed by atoms with Crippen molar-refractivity contribution in [2.75, 3.05) is 11.9 Å². The minimum atomic E-state index is -0.0434. The van der Waals surface area contributed by atoms with Crippen molar-refractivity contribution in [3.05, 3.63) is 30.6 Å². The SMILES string of the molecule is CC(C)C[C@H](C)OCCC(=O)Nc1ccc(-c2nncn2C)cc1. The van der Waals surface area contributed by atoms with Crippen LogP contribution in [0.1, 0.15) is 33.6 Å². The largest absolute Gasteiger partial charge is 0.378 e. The van der Waals surface area contributed by atoms with Crippen molar-refractivity contribution in [3.63, 3.8) is 0 Å². The Balaban J connectivity index is 1.79. The third-order valence-electron chi connectivity index (χ3n) is 3.67. The molecule has 0 aliphatic heterocycles. The van der Waals surface area contributed by atoms with Gasteiger partial charge in [0.05, 0.1) is 19.1 Å². The van der Waals surface area contributed by atoms with E-state index in [2.05, 4.69) is 29.4 Å². The van der Waals surface area contributed by atoms with Gasteiger partial charge in [-0.1, -0.05) is 13.8 Å². The Morgan fingerprint density at radius 2 is 1.96 bits per heavy atom. The molecular weight excluding hydrogens is 304 g/mol. The van der Waals surface area contributed by atoms with Crippen LogP contribution in [0.25, 0.3) is 11.4 Å². The summed E-state index contributed by atoms with van der Waals surface area (Å²) in [5.41, 5.74) is 1.72. The molecule has 1 amide bonds. The predicted molar refractivity (Wildman–Crippen MR) is 94.6 cm³/mol. The summed E-state index contributed by atoms with van der Waals surface area (Å²) in [6.07, 6.45) is 3.20. The van der Waals surface area contributed by atoms with Crippen LogP contribution in [0.3, 0.4) is 0 Å². The zero-order valence-corrected chi connectivity index (χ0v) is 14.8. The average Bonchev–Trinajstić information content (AvgIpc) is 2.93. The number of hydrogen-bond acceptors (Lipinski definition) is 4. The zero-order valence-electron chi connectivity index (χ0n) is 14.8. The number of carbonyl (C=O) groups excluding carboxylic acids is 1. The number of carbonyl (C=O) groups is 1. The van der Waals surface area contributed by atoms with Crippen molar-refractivity contribution in [1.29, 1.82) is 0 Å². The van der Waals surface area contributed by atoms with Crippen LogP contribution in [0.2, 0.25) is 0 Å². The third-order valence-corrected chi connectivity index (χ3v) is 3.67. The van der Waals surface area contributed by atoms with E-state index in [1.807, 2.05) is 42.8 Å². The molecular formula is C18H26N4O2. The first-order chi connectivity index (χ1) is 11.5. The van der Waals surface area contributed by atoms with Gasteiger partial charge in [-0.3, -0.25) is 4.79 Å². The van der Waals surface area contributed by atoms with E-state index >= 15 is 0 Å². The average molecular weight is 330 g/mol. The molecule has 1 aromatic heterocycles. The summed E-state index contributed by atoms with van der Waals surface area (Å²) in [7, 11) is 1.89. The molecule has 0 aliphatic carbocycles. The number of nitrogens with zero attached hydrogens (tertiary/aromatic N) is 3. The van der Waals surface area contributed by atoms with Crippen LogP contribution in [-0.4, -0.2) is 33.4 Å². The molecule has 0 bridgehead atoms. The first-order valence-corrected chi connectivity index (χ1v) is 8.31. The summed E-state index contributed by atoms with van der Waals surface area (Å²) in [6, 6.07) is 7.57. The standard InChI is InChI=1S/C18H26N4O2/c1-13(2)11-14(3)24-10-9-17(23)20-16-7-5-15(6-8-16)18-21-19-12-22(18)4/h5-8,12-14H,9-11H2,1-4H3,(H,20,23)/t14-/m0/s1. The van der Waals surface area contributed by atoms with Crippen molar-refractivity contribution >= 4 is 11.6 Å². The van der Waals surface area contributed by atoms with Crippen LogP contribution < -0.4 is 5.32 Å². The number of nitrogens with one attached hydrogen (secondary N) is 1. The van der Waals surface area contributed by atoms with Gasteiger partial charge in [-0.05, 0) is 43.5 Å². The van der Waals surface area contributed by atoms with E-state index in [0.29, 0.717) is 18.9 Å². The fraction of sp³-hybridized carbons (Fsp3) is 0.500. The highest BCUT2D eigenvalue weighted by molar-refractivity contribution is 5.90. The Bertz CT molecular complexity index is 649. The molecule has 0 aliphatic rings. The molecule has 0 saturated carbocycles. The number of hydrogen-bond donors (Lipinski definition) is 1. The number of benzene rings is 1. The summed E-state index contributed by atoms with van der Waals surface area (Å²) in [6.45, 7) is 6.81. The molecule has 6 heteroatoms. The van der Waals surface area contributed by atoms with Gasteiger partial charge in [0, 0.05) is 18.3 Å². The molecule has 1 heterocycles. The van der Waals surface area contributed by atoms with Crippen LogP contribution >= 0.6 is 0 Å². The van der Waals surface area contributed by atoms with Crippen LogP contribution in [-0.2, 0) is 16.6 Å². The first-order valence-electron chi connectivity index (χ1n) is 8.31. The summed E-state index contributed by atoms with van der Waals surface area (Å²) in [4.78, 5) is 12.0. The number of anilines is 1. The summed E-state index contributed by atoms with van der Waals surface area (Å²) >= 11 is 0. The topological polar surface area (TPSA) is 69.0 Å². The van der Waals surface area contributed by atoms with Crippen molar-refractivity contribution in [3.8, 4) is 11.4 Å². The third kappa shape index (κ3) is 5.45. The highest BCUT2D eigenvalue weighted by Gasteiger charge is 2.08. The normalized spacial score (nSPS) is 12.4. The van der Waals surface area contributed by atoms with E-state index in [1.54, 1.807) is 6.33 Å². The van der Waals surface area contributed by atoms with Gasteiger partial charge in [-0.2, -0.15) is 0 Å². The van der Waals surface area contributed by atoms with Crippen LogP contribution in [0.5, 0.6) is 0 Å². The fourth-order valence-electron chi connectivity index (χ4n) is 2.56. The molecule has 130 valence electrons. The maximum absolute atomic E-state index is 12.0. The number of aromatic nitrogens is 3. The molecule has 0 unspecified atom stereocenters. The molecule has 6 nitrogen and oxygen atoms in total. The second kappa shape index (κ2) is 8.59. The van der Waals surface area contributed by atoms with Crippen LogP contribution in [0, 0.1) is 5.92 Å². The quantitative estimate of drug-likeness (QED) is 0.806. The van der Waals surface area contributed by atoms with Gasteiger partial charge in [0.15, 0.2) is 5.82 Å². The summed E-state index contributed by atoms with van der Waals surface area (Å²) < 4.78 is 7.51. The van der Waals surface area contributed by atoms with E-state index < -0.39 is 0 Å². The van der Waals surface area contributed by atoms with E-state index in [-0.39, 0.29) is 12.0 Å². The lowest BCUT2D eigenvalue weighted by Gasteiger charge is -2.15. The smallest absolute Gasteiger partial charge is 0.226 e. The van der Waals surface area contributed by atoms with E-state index in [1.165, 1.54) is 0 Å². The molecule has 0 saturated heterocycles. The molecule has 24 heavy (non-hydrogen) atoms. The predicted octanol–water partition coefficient (Wildman–Crippen LogP) is 3.26. The Kier molecular flexibility index (Phi) is 6.49. The van der Waals surface area contributed by atoms with Gasteiger partial charge < -0.3 is 14.6 Å². The molecule has 2 rings (SSSR count).